The zero-order valence-corrected chi connectivity index (χ0v) is 7.22. The predicted octanol–water partition coefficient (Wildman–Crippen LogP) is 2.52. The number of nitrogens with zero attached hydrogens (tertiary/aromatic N) is 1. The maximum absolute atomic E-state index is 5.94. The van der Waals surface area contributed by atoms with E-state index in [1.807, 2.05) is 18.2 Å². The van der Waals surface area contributed by atoms with E-state index in [4.69, 9.17) is 16.1 Å². The maximum atomic E-state index is 5.94. The molecule has 0 fully saturated rings. The Bertz CT molecular complexity index is 410. The molecule has 0 atom stereocenters. The number of rotatable bonds is 1. The molecule has 0 radical (unpaired) electrons. The summed E-state index contributed by atoms with van der Waals surface area (Å²) in [4.78, 5) is 0. The van der Waals surface area contributed by atoms with Gasteiger partial charge in [-0.1, -0.05) is 22.8 Å². The van der Waals surface area contributed by atoms with Gasteiger partial charge >= 0.3 is 0 Å². The lowest BCUT2D eigenvalue weighted by atomic mass is 10.2. The molecule has 1 aromatic carbocycles. The number of aromatic nitrogens is 1. The Morgan fingerprint density at radius 3 is 3.08 bits per heavy atom. The van der Waals surface area contributed by atoms with Crippen LogP contribution in [0.15, 0.2) is 22.7 Å². The van der Waals surface area contributed by atoms with Crippen molar-refractivity contribution >= 4 is 28.4 Å². The second kappa shape index (κ2) is 2.68. The highest BCUT2D eigenvalue weighted by Crippen LogP contribution is 2.29. The molecule has 62 valence electrons. The smallest absolute Gasteiger partial charge is 0.178 e. The van der Waals surface area contributed by atoms with Crippen LogP contribution < -0.4 is 5.32 Å². The van der Waals surface area contributed by atoms with Crippen molar-refractivity contribution in [2.24, 2.45) is 0 Å². The van der Waals surface area contributed by atoms with Gasteiger partial charge in [-0.3, -0.25) is 0 Å². The Morgan fingerprint density at radius 1 is 1.50 bits per heavy atom. The highest BCUT2D eigenvalue weighted by Gasteiger charge is 2.08. The molecule has 0 saturated heterocycles. The van der Waals surface area contributed by atoms with Gasteiger partial charge in [-0.25, -0.2) is 0 Å². The Morgan fingerprint density at radius 2 is 2.33 bits per heavy atom. The van der Waals surface area contributed by atoms with E-state index in [2.05, 4.69) is 10.5 Å². The first-order chi connectivity index (χ1) is 5.83. The molecule has 0 bridgehead atoms. The molecule has 12 heavy (non-hydrogen) atoms. The molecule has 2 aromatic rings. The first-order valence-corrected chi connectivity index (χ1v) is 3.92. The molecule has 1 heterocycles. The average Bonchev–Trinajstić information content (AvgIpc) is 2.49. The van der Waals surface area contributed by atoms with Gasteiger partial charge in [0.05, 0.1) is 10.4 Å². The number of halogens is 1. The van der Waals surface area contributed by atoms with Gasteiger partial charge in [0.1, 0.15) is 0 Å². The molecule has 4 heteroatoms. The van der Waals surface area contributed by atoms with E-state index in [1.54, 1.807) is 7.05 Å². The van der Waals surface area contributed by atoms with Gasteiger partial charge in [-0.05, 0) is 12.1 Å². The number of benzene rings is 1. The van der Waals surface area contributed by atoms with E-state index < -0.39 is 0 Å². The van der Waals surface area contributed by atoms with Crippen molar-refractivity contribution in [3.63, 3.8) is 0 Å². The van der Waals surface area contributed by atoms with E-state index in [1.165, 1.54) is 0 Å². The van der Waals surface area contributed by atoms with Crippen LogP contribution in [0.3, 0.4) is 0 Å². The molecule has 2 rings (SSSR count). The van der Waals surface area contributed by atoms with E-state index in [0.29, 0.717) is 16.4 Å². The fourth-order valence-electron chi connectivity index (χ4n) is 1.12. The van der Waals surface area contributed by atoms with Gasteiger partial charge in [0.25, 0.3) is 0 Å². The molecule has 0 saturated carbocycles. The fourth-order valence-corrected chi connectivity index (χ4v) is 1.38. The van der Waals surface area contributed by atoms with E-state index in [0.717, 1.165) is 5.39 Å². The van der Waals surface area contributed by atoms with Gasteiger partial charge < -0.3 is 9.84 Å². The quantitative estimate of drug-likeness (QED) is 0.737. The van der Waals surface area contributed by atoms with Crippen molar-refractivity contribution < 1.29 is 4.52 Å². The summed E-state index contributed by atoms with van der Waals surface area (Å²) in [5.74, 6) is 0.676. The van der Waals surface area contributed by atoms with Crippen LogP contribution >= 0.6 is 11.6 Å². The number of anilines is 1. The molecule has 0 unspecified atom stereocenters. The number of nitrogens with one attached hydrogen (secondary N) is 1. The Labute approximate surface area is 74.3 Å². The second-order valence-electron chi connectivity index (χ2n) is 2.39. The lowest BCUT2D eigenvalue weighted by molar-refractivity contribution is 0.460. The third kappa shape index (κ3) is 0.940. The van der Waals surface area contributed by atoms with Crippen LogP contribution in [0, 0.1) is 0 Å². The van der Waals surface area contributed by atoms with Crippen LogP contribution in [0.1, 0.15) is 0 Å². The van der Waals surface area contributed by atoms with Crippen LogP contribution in [0.4, 0.5) is 5.82 Å². The SMILES string of the molecule is CNc1noc2cccc(Cl)c12. The van der Waals surface area contributed by atoms with Crippen molar-refractivity contribution in [3.05, 3.63) is 23.2 Å². The molecular formula is C8H7ClN2O. The zero-order valence-electron chi connectivity index (χ0n) is 6.47. The maximum Gasteiger partial charge on any atom is 0.178 e. The normalized spacial score (nSPS) is 10.5. The Kier molecular flexibility index (Phi) is 1.66. The number of hydrogen-bond acceptors (Lipinski definition) is 3. The number of fused-ring (bicyclic) bond motifs is 1. The van der Waals surface area contributed by atoms with Crippen molar-refractivity contribution in [1.29, 1.82) is 0 Å². The summed E-state index contributed by atoms with van der Waals surface area (Å²) in [5.41, 5.74) is 0.701. The highest BCUT2D eigenvalue weighted by molar-refractivity contribution is 6.36. The number of hydrogen-bond donors (Lipinski definition) is 1. The summed E-state index contributed by atoms with van der Waals surface area (Å²) in [7, 11) is 1.78. The fraction of sp³-hybridized carbons (Fsp3) is 0.125. The molecule has 0 spiro atoms. The lowest BCUT2D eigenvalue weighted by Gasteiger charge is -1.93. The van der Waals surface area contributed by atoms with Gasteiger partial charge in [-0.2, -0.15) is 0 Å². The van der Waals surface area contributed by atoms with Gasteiger partial charge in [-0.15, -0.1) is 0 Å². The molecule has 0 aliphatic heterocycles. The van der Waals surface area contributed by atoms with Crippen LogP contribution in [0.2, 0.25) is 5.02 Å². The van der Waals surface area contributed by atoms with Crippen molar-refractivity contribution in [2.45, 2.75) is 0 Å². The average molecular weight is 183 g/mol. The summed E-state index contributed by atoms with van der Waals surface area (Å²) < 4.78 is 5.02. The first-order valence-electron chi connectivity index (χ1n) is 3.54. The largest absolute Gasteiger partial charge is 0.370 e. The first kappa shape index (κ1) is 7.43. The zero-order chi connectivity index (χ0) is 8.55. The summed E-state index contributed by atoms with van der Waals surface area (Å²) >= 11 is 5.94. The van der Waals surface area contributed by atoms with Gasteiger partial charge in [0.15, 0.2) is 11.4 Å². The van der Waals surface area contributed by atoms with Crippen LogP contribution in [0.25, 0.3) is 11.0 Å². The Balaban J connectivity index is 2.83. The van der Waals surface area contributed by atoms with Crippen molar-refractivity contribution in [3.8, 4) is 0 Å². The second-order valence-corrected chi connectivity index (χ2v) is 2.80. The molecule has 0 aliphatic carbocycles. The predicted molar refractivity (Wildman–Crippen MR) is 48.6 cm³/mol. The molecule has 0 amide bonds. The molecule has 0 aliphatic rings. The molecule has 3 nitrogen and oxygen atoms in total. The van der Waals surface area contributed by atoms with Crippen LogP contribution in [-0.2, 0) is 0 Å². The molecular weight excluding hydrogens is 176 g/mol. The highest BCUT2D eigenvalue weighted by atomic mass is 35.5. The van der Waals surface area contributed by atoms with Gasteiger partial charge in [0, 0.05) is 7.05 Å². The van der Waals surface area contributed by atoms with E-state index >= 15 is 0 Å². The third-order valence-corrected chi connectivity index (χ3v) is 2.00. The van der Waals surface area contributed by atoms with Crippen molar-refractivity contribution in [2.75, 3.05) is 12.4 Å². The summed E-state index contributed by atoms with van der Waals surface area (Å²) in [6.07, 6.45) is 0. The van der Waals surface area contributed by atoms with Gasteiger partial charge in [0.2, 0.25) is 0 Å². The molecule has 1 N–H and O–H groups in total. The molecule has 1 aromatic heterocycles. The van der Waals surface area contributed by atoms with E-state index in [-0.39, 0.29) is 0 Å². The Hall–Kier alpha value is -1.22. The van der Waals surface area contributed by atoms with Crippen LogP contribution in [0.5, 0.6) is 0 Å². The minimum Gasteiger partial charge on any atom is -0.370 e. The summed E-state index contributed by atoms with van der Waals surface area (Å²) in [6, 6.07) is 5.46. The monoisotopic (exact) mass is 182 g/mol. The lowest BCUT2D eigenvalue weighted by Crippen LogP contribution is -1.87. The summed E-state index contributed by atoms with van der Waals surface area (Å²) in [6.45, 7) is 0. The standard InChI is InChI=1S/C8H7ClN2O/c1-10-8-7-5(9)3-2-4-6(7)12-11-8/h2-4H,1H3,(H,10,11). The summed E-state index contributed by atoms with van der Waals surface area (Å²) in [5, 5.41) is 8.19. The van der Waals surface area contributed by atoms with Crippen molar-refractivity contribution in [1.82, 2.24) is 5.16 Å². The van der Waals surface area contributed by atoms with E-state index in [9.17, 15) is 0 Å². The topological polar surface area (TPSA) is 38.1 Å². The minimum atomic E-state index is 0.651. The van der Waals surface area contributed by atoms with Crippen LogP contribution in [-0.4, -0.2) is 12.2 Å². The third-order valence-electron chi connectivity index (χ3n) is 1.68. The minimum absolute atomic E-state index is 0.651.